The third-order valence-electron chi connectivity index (χ3n) is 1.99. The van der Waals surface area contributed by atoms with Gasteiger partial charge in [0.25, 0.3) is 0 Å². The van der Waals surface area contributed by atoms with Gasteiger partial charge in [0.05, 0.1) is 5.52 Å². The Kier molecular flexibility index (Phi) is 3.43. The maximum atomic E-state index is 12.8. The monoisotopic (exact) mass is 215 g/mol. The summed E-state index contributed by atoms with van der Waals surface area (Å²) in [5.41, 5.74) is 7.04. The number of aromatic nitrogens is 2. The number of benzene rings is 1. The zero-order chi connectivity index (χ0) is 9.26. The summed E-state index contributed by atoms with van der Waals surface area (Å²) in [6.45, 7) is 0.564. The second-order valence-electron chi connectivity index (χ2n) is 2.90. The lowest BCUT2D eigenvalue weighted by atomic mass is 10.2. The first-order valence-corrected chi connectivity index (χ1v) is 4.14. The Balaban J connectivity index is 0.000000980. The first-order valence-electron chi connectivity index (χ1n) is 4.14. The molecule has 14 heavy (non-hydrogen) atoms. The molecular formula is C9H11ClFN3. The van der Waals surface area contributed by atoms with Gasteiger partial charge in [-0.25, -0.2) is 4.39 Å². The van der Waals surface area contributed by atoms with Gasteiger partial charge in [0.15, 0.2) is 0 Å². The summed E-state index contributed by atoms with van der Waals surface area (Å²) in [4.78, 5) is 0. The van der Waals surface area contributed by atoms with Gasteiger partial charge in [0, 0.05) is 23.6 Å². The Morgan fingerprint density at radius 1 is 1.43 bits per heavy atom. The van der Waals surface area contributed by atoms with Crippen molar-refractivity contribution >= 4 is 23.3 Å². The second kappa shape index (κ2) is 4.39. The van der Waals surface area contributed by atoms with Crippen LogP contribution < -0.4 is 5.73 Å². The van der Waals surface area contributed by atoms with E-state index in [9.17, 15) is 4.39 Å². The van der Waals surface area contributed by atoms with Gasteiger partial charge in [-0.2, -0.15) is 5.10 Å². The highest BCUT2D eigenvalue weighted by atomic mass is 35.5. The van der Waals surface area contributed by atoms with E-state index in [0.717, 1.165) is 17.5 Å². The number of fused-ring (bicyclic) bond motifs is 1. The summed E-state index contributed by atoms with van der Waals surface area (Å²) in [6, 6.07) is 4.56. The van der Waals surface area contributed by atoms with Crippen LogP contribution in [0.4, 0.5) is 4.39 Å². The molecule has 0 bridgehead atoms. The summed E-state index contributed by atoms with van der Waals surface area (Å²) in [5.74, 6) is -0.265. The van der Waals surface area contributed by atoms with Gasteiger partial charge in [-0.05, 0) is 18.7 Å². The highest BCUT2D eigenvalue weighted by Gasteiger charge is 2.04. The van der Waals surface area contributed by atoms with Gasteiger partial charge in [0.1, 0.15) is 5.82 Å². The Morgan fingerprint density at radius 2 is 2.21 bits per heavy atom. The van der Waals surface area contributed by atoms with Crippen molar-refractivity contribution in [2.24, 2.45) is 5.73 Å². The van der Waals surface area contributed by atoms with E-state index in [2.05, 4.69) is 10.2 Å². The number of nitrogens with two attached hydrogens (primary N) is 1. The highest BCUT2D eigenvalue weighted by molar-refractivity contribution is 5.85. The Bertz CT molecular complexity index is 427. The molecule has 1 aromatic carbocycles. The van der Waals surface area contributed by atoms with E-state index in [1.807, 2.05) is 0 Å². The summed E-state index contributed by atoms with van der Waals surface area (Å²) in [6.07, 6.45) is 0.738. The molecule has 0 amide bonds. The molecule has 0 radical (unpaired) electrons. The van der Waals surface area contributed by atoms with E-state index in [1.54, 1.807) is 6.07 Å². The van der Waals surface area contributed by atoms with Crippen LogP contribution in [0, 0.1) is 5.82 Å². The number of H-pyrrole nitrogens is 1. The van der Waals surface area contributed by atoms with E-state index in [4.69, 9.17) is 5.73 Å². The van der Waals surface area contributed by atoms with E-state index in [-0.39, 0.29) is 18.2 Å². The van der Waals surface area contributed by atoms with Gasteiger partial charge in [-0.3, -0.25) is 5.10 Å². The number of nitrogens with zero attached hydrogens (tertiary/aromatic N) is 1. The molecule has 0 saturated carbocycles. The van der Waals surface area contributed by atoms with Gasteiger partial charge in [-0.15, -0.1) is 12.4 Å². The number of halogens is 2. The van der Waals surface area contributed by atoms with E-state index >= 15 is 0 Å². The van der Waals surface area contributed by atoms with Crippen LogP contribution in [0.5, 0.6) is 0 Å². The predicted molar refractivity (Wildman–Crippen MR) is 56.1 cm³/mol. The molecule has 76 valence electrons. The quantitative estimate of drug-likeness (QED) is 0.800. The smallest absolute Gasteiger partial charge is 0.125 e. The van der Waals surface area contributed by atoms with Gasteiger partial charge in [0.2, 0.25) is 0 Å². The largest absolute Gasteiger partial charge is 0.330 e. The minimum absolute atomic E-state index is 0. The van der Waals surface area contributed by atoms with Crippen LogP contribution in [0.1, 0.15) is 5.69 Å². The molecule has 1 heterocycles. The fourth-order valence-electron chi connectivity index (χ4n) is 1.38. The van der Waals surface area contributed by atoms with Crippen LogP contribution in [0.15, 0.2) is 18.2 Å². The molecule has 0 fully saturated rings. The fourth-order valence-corrected chi connectivity index (χ4v) is 1.38. The summed E-state index contributed by atoms with van der Waals surface area (Å²) >= 11 is 0. The van der Waals surface area contributed by atoms with E-state index in [0.29, 0.717) is 12.1 Å². The second-order valence-corrected chi connectivity index (χ2v) is 2.90. The zero-order valence-corrected chi connectivity index (χ0v) is 8.27. The minimum Gasteiger partial charge on any atom is -0.330 e. The summed E-state index contributed by atoms with van der Waals surface area (Å²) < 4.78 is 12.8. The summed E-state index contributed by atoms with van der Waals surface area (Å²) in [5, 5.41) is 7.77. The van der Waals surface area contributed by atoms with Crippen molar-refractivity contribution in [1.82, 2.24) is 10.2 Å². The number of hydrogen-bond acceptors (Lipinski definition) is 2. The lowest BCUT2D eigenvalue weighted by Crippen LogP contribution is -2.03. The molecule has 0 saturated heterocycles. The third kappa shape index (κ3) is 1.86. The van der Waals surface area contributed by atoms with Crippen molar-refractivity contribution in [2.45, 2.75) is 6.42 Å². The maximum Gasteiger partial charge on any atom is 0.125 e. The first kappa shape index (κ1) is 10.9. The zero-order valence-electron chi connectivity index (χ0n) is 7.46. The van der Waals surface area contributed by atoms with Crippen molar-refractivity contribution in [3.63, 3.8) is 0 Å². The lowest BCUT2D eigenvalue weighted by molar-refractivity contribution is 0.629. The van der Waals surface area contributed by atoms with E-state index in [1.165, 1.54) is 12.1 Å². The molecule has 5 heteroatoms. The first-order chi connectivity index (χ1) is 6.31. The van der Waals surface area contributed by atoms with Crippen LogP contribution in [0.2, 0.25) is 0 Å². The topological polar surface area (TPSA) is 54.7 Å². The standard InChI is InChI=1S/C9H10FN3.ClH/c10-6-1-2-7-8(3-4-11)12-13-9(7)5-6;/h1-2,5H,3-4,11H2,(H,12,13);1H. The molecule has 1 aromatic heterocycles. The molecule has 0 aliphatic rings. The Labute approximate surface area is 86.9 Å². The fraction of sp³-hybridized carbons (Fsp3) is 0.222. The average molecular weight is 216 g/mol. The number of aromatic amines is 1. The molecule has 3 nitrogen and oxygen atoms in total. The molecule has 2 aromatic rings. The lowest BCUT2D eigenvalue weighted by Gasteiger charge is -1.93. The van der Waals surface area contributed by atoms with Gasteiger partial charge in [-0.1, -0.05) is 0 Å². The molecule has 3 N–H and O–H groups in total. The highest BCUT2D eigenvalue weighted by Crippen LogP contribution is 2.16. The van der Waals surface area contributed by atoms with Crippen molar-refractivity contribution < 1.29 is 4.39 Å². The molecule has 0 aliphatic heterocycles. The number of rotatable bonds is 2. The van der Waals surface area contributed by atoms with Crippen molar-refractivity contribution in [1.29, 1.82) is 0 Å². The number of hydrogen-bond donors (Lipinski definition) is 2. The van der Waals surface area contributed by atoms with Gasteiger partial charge < -0.3 is 5.73 Å². The molecule has 0 unspecified atom stereocenters. The minimum atomic E-state index is -0.265. The van der Waals surface area contributed by atoms with Gasteiger partial charge >= 0.3 is 0 Å². The van der Waals surface area contributed by atoms with Crippen LogP contribution in [0.3, 0.4) is 0 Å². The maximum absolute atomic E-state index is 12.8. The van der Waals surface area contributed by atoms with Crippen LogP contribution in [-0.4, -0.2) is 16.7 Å². The predicted octanol–water partition coefficient (Wildman–Crippen LogP) is 1.62. The van der Waals surface area contributed by atoms with Crippen LogP contribution in [0.25, 0.3) is 10.9 Å². The van der Waals surface area contributed by atoms with E-state index < -0.39 is 0 Å². The molecule has 0 spiro atoms. The van der Waals surface area contributed by atoms with Crippen molar-refractivity contribution in [3.8, 4) is 0 Å². The number of nitrogens with one attached hydrogen (secondary N) is 1. The summed E-state index contributed by atoms with van der Waals surface area (Å²) in [7, 11) is 0. The Morgan fingerprint density at radius 3 is 2.93 bits per heavy atom. The molecular weight excluding hydrogens is 205 g/mol. The average Bonchev–Trinajstić information content (AvgIpc) is 2.49. The van der Waals surface area contributed by atoms with Crippen molar-refractivity contribution in [3.05, 3.63) is 29.7 Å². The van der Waals surface area contributed by atoms with Crippen molar-refractivity contribution in [2.75, 3.05) is 6.54 Å². The third-order valence-corrected chi connectivity index (χ3v) is 1.99. The SMILES string of the molecule is Cl.NCCc1[nH]nc2cc(F)ccc12. The normalized spacial score (nSPS) is 10.1. The molecule has 2 rings (SSSR count). The molecule has 0 atom stereocenters. The van der Waals surface area contributed by atoms with Crippen LogP contribution >= 0.6 is 12.4 Å². The molecule has 0 aliphatic carbocycles. The Hall–Kier alpha value is -1.13. The van der Waals surface area contributed by atoms with Crippen LogP contribution in [-0.2, 0) is 6.42 Å².